The quantitative estimate of drug-likeness (QED) is 0.695. The third-order valence-corrected chi connectivity index (χ3v) is 4.49. The smallest absolute Gasteiger partial charge is 0.0202 e. The first-order valence-corrected chi connectivity index (χ1v) is 6.60. The van der Waals surface area contributed by atoms with Crippen LogP contribution in [0.2, 0.25) is 0 Å². The van der Waals surface area contributed by atoms with E-state index in [0.717, 1.165) is 12.0 Å². The standard InChI is InChI=1S/C15H21N/c1-11-6-5-7-13-10-14(12(2)15(11)13)16-8-3-4-9-16/h5-7,12,14H,3-4,8-10H2,1-2H3/t12-,14+/m0/s1. The van der Waals surface area contributed by atoms with Gasteiger partial charge >= 0.3 is 0 Å². The van der Waals surface area contributed by atoms with Crippen LogP contribution in [-0.4, -0.2) is 24.0 Å². The third-order valence-electron chi connectivity index (χ3n) is 4.49. The molecule has 3 rings (SSSR count). The van der Waals surface area contributed by atoms with E-state index in [9.17, 15) is 0 Å². The van der Waals surface area contributed by atoms with Gasteiger partial charge in [-0.2, -0.15) is 0 Å². The molecule has 0 amide bonds. The van der Waals surface area contributed by atoms with Crippen molar-refractivity contribution in [2.24, 2.45) is 0 Å². The fourth-order valence-corrected chi connectivity index (χ4v) is 3.68. The summed E-state index contributed by atoms with van der Waals surface area (Å²) in [4.78, 5) is 2.71. The molecule has 1 fully saturated rings. The fourth-order valence-electron chi connectivity index (χ4n) is 3.68. The summed E-state index contributed by atoms with van der Waals surface area (Å²) in [7, 11) is 0. The third kappa shape index (κ3) is 1.49. The lowest BCUT2D eigenvalue weighted by atomic mass is 9.96. The summed E-state index contributed by atoms with van der Waals surface area (Å²) in [6, 6.07) is 7.59. The molecular weight excluding hydrogens is 194 g/mol. The minimum absolute atomic E-state index is 0.731. The first-order valence-electron chi connectivity index (χ1n) is 6.60. The Morgan fingerprint density at radius 1 is 1.19 bits per heavy atom. The Hall–Kier alpha value is -0.820. The second-order valence-electron chi connectivity index (χ2n) is 5.45. The molecule has 1 aliphatic carbocycles. The van der Waals surface area contributed by atoms with E-state index in [4.69, 9.17) is 0 Å². The maximum absolute atomic E-state index is 2.71. The molecule has 0 aromatic heterocycles. The summed E-state index contributed by atoms with van der Waals surface area (Å²) >= 11 is 0. The first kappa shape index (κ1) is 10.3. The predicted molar refractivity (Wildman–Crippen MR) is 67.9 cm³/mol. The molecule has 0 bridgehead atoms. The van der Waals surface area contributed by atoms with Crippen molar-refractivity contribution >= 4 is 0 Å². The molecule has 0 radical (unpaired) electrons. The minimum Gasteiger partial charge on any atom is -0.299 e. The molecule has 2 aliphatic rings. The van der Waals surface area contributed by atoms with E-state index in [1.54, 1.807) is 11.1 Å². The number of aryl methyl sites for hydroxylation is 1. The van der Waals surface area contributed by atoms with E-state index >= 15 is 0 Å². The Balaban J connectivity index is 1.91. The van der Waals surface area contributed by atoms with Crippen LogP contribution in [0.5, 0.6) is 0 Å². The SMILES string of the molecule is Cc1cccc2c1[C@@H](C)[C@H](N1CCCC1)C2. The molecule has 1 nitrogen and oxygen atoms in total. The molecule has 1 saturated heterocycles. The van der Waals surface area contributed by atoms with E-state index in [1.165, 1.54) is 37.9 Å². The zero-order valence-corrected chi connectivity index (χ0v) is 10.4. The van der Waals surface area contributed by atoms with Gasteiger partial charge in [-0.1, -0.05) is 25.1 Å². The molecule has 2 atom stereocenters. The van der Waals surface area contributed by atoms with Crippen LogP contribution in [0.3, 0.4) is 0 Å². The van der Waals surface area contributed by atoms with Crippen molar-refractivity contribution in [3.05, 3.63) is 34.9 Å². The summed E-state index contributed by atoms with van der Waals surface area (Å²) in [6.45, 7) is 7.33. The monoisotopic (exact) mass is 215 g/mol. The average molecular weight is 215 g/mol. The van der Waals surface area contributed by atoms with Gasteiger partial charge in [0.05, 0.1) is 0 Å². The van der Waals surface area contributed by atoms with Crippen molar-refractivity contribution in [3.8, 4) is 0 Å². The average Bonchev–Trinajstić information content (AvgIpc) is 2.86. The van der Waals surface area contributed by atoms with Crippen LogP contribution >= 0.6 is 0 Å². The van der Waals surface area contributed by atoms with Gasteiger partial charge in [-0.3, -0.25) is 4.90 Å². The molecule has 1 aliphatic heterocycles. The van der Waals surface area contributed by atoms with Crippen LogP contribution in [0, 0.1) is 6.92 Å². The van der Waals surface area contributed by atoms with Crippen LogP contribution < -0.4 is 0 Å². The molecule has 0 N–H and O–H groups in total. The minimum atomic E-state index is 0.731. The molecular formula is C15H21N. The van der Waals surface area contributed by atoms with E-state index in [-0.39, 0.29) is 0 Å². The highest BCUT2D eigenvalue weighted by Crippen LogP contribution is 2.38. The number of fused-ring (bicyclic) bond motifs is 1. The second kappa shape index (κ2) is 3.89. The van der Waals surface area contributed by atoms with Gasteiger partial charge in [0, 0.05) is 6.04 Å². The van der Waals surface area contributed by atoms with E-state index in [0.29, 0.717) is 0 Å². The lowest BCUT2D eigenvalue weighted by Crippen LogP contribution is -2.35. The van der Waals surface area contributed by atoms with Gasteiger partial charge in [0.2, 0.25) is 0 Å². The van der Waals surface area contributed by atoms with Gasteiger partial charge in [-0.25, -0.2) is 0 Å². The normalized spacial score (nSPS) is 29.6. The first-order chi connectivity index (χ1) is 7.77. The fraction of sp³-hybridized carbons (Fsp3) is 0.600. The number of nitrogens with zero attached hydrogens (tertiary/aromatic N) is 1. The summed E-state index contributed by atoms with van der Waals surface area (Å²) < 4.78 is 0. The van der Waals surface area contributed by atoms with Gasteiger partial charge in [0.25, 0.3) is 0 Å². The van der Waals surface area contributed by atoms with E-state index < -0.39 is 0 Å². The number of rotatable bonds is 1. The van der Waals surface area contributed by atoms with Crippen LogP contribution in [-0.2, 0) is 6.42 Å². The molecule has 0 unspecified atom stereocenters. The van der Waals surface area contributed by atoms with Crippen molar-refractivity contribution in [2.45, 2.75) is 45.1 Å². The van der Waals surface area contributed by atoms with E-state index in [1.807, 2.05) is 0 Å². The summed E-state index contributed by atoms with van der Waals surface area (Å²) in [6.07, 6.45) is 4.08. The van der Waals surface area contributed by atoms with Gasteiger partial charge in [-0.15, -0.1) is 0 Å². The topological polar surface area (TPSA) is 3.24 Å². The Labute approximate surface area is 98.5 Å². The molecule has 16 heavy (non-hydrogen) atoms. The molecule has 1 aromatic rings. The summed E-state index contributed by atoms with van der Waals surface area (Å²) in [5.41, 5.74) is 4.73. The highest BCUT2D eigenvalue weighted by atomic mass is 15.2. The number of likely N-dealkylation sites (tertiary alicyclic amines) is 1. The van der Waals surface area contributed by atoms with Crippen molar-refractivity contribution in [1.29, 1.82) is 0 Å². The summed E-state index contributed by atoms with van der Waals surface area (Å²) in [5.74, 6) is 0.731. The lowest BCUT2D eigenvalue weighted by Gasteiger charge is -2.27. The molecule has 1 heteroatoms. The zero-order valence-electron chi connectivity index (χ0n) is 10.4. The van der Waals surface area contributed by atoms with Crippen molar-refractivity contribution in [2.75, 3.05) is 13.1 Å². The molecule has 0 spiro atoms. The van der Waals surface area contributed by atoms with E-state index in [2.05, 4.69) is 36.9 Å². The molecule has 0 saturated carbocycles. The van der Waals surface area contributed by atoms with Crippen molar-refractivity contribution in [3.63, 3.8) is 0 Å². The van der Waals surface area contributed by atoms with Gasteiger partial charge in [0.1, 0.15) is 0 Å². The van der Waals surface area contributed by atoms with Gasteiger partial charge in [-0.05, 0) is 61.9 Å². The van der Waals surface area contributed by atoms with Crippen LogP contribution in [0.1, 0.15) is 42.4 Å². The summed E-state index contributed by atoms with van der Waals surface area (Å²) in [5, 5.41) is 0. The van der Waals surface area contributed by atoms with Crippen LogP contribution in [0.25, 0.3) is 0 Å². The van der Waals surface area contributed by atoms with Crippen LogP contribution in [0.4, 0.5) is 0 Å². The maximum atomic E-state index is 2.71. The number of hydrogen-bond donors (Lipinski definition) is 0. The highest BCUT2D eigenvalue weighted by molar-refractivity contribution is 5.42. The Kier molecular flexibility index (Phi) is 2.51. The Morgan fingerprint density at radius 3 is 2.62 bits per heavy atom. The highest BCUT2D eigenvalue weighted by Gasteiger charge is 2.34. The molecule has 86 valence electrons. The van der Waals surface area contributed by atoms with Crippen molar-refractivity contribution in [1.82, 2.24) is 4.90 Å². The Morgan fingerprint density at radius 2 is 1.94 bits per heavy atom. The Bertz CT molecular complexity index is 390. The maximum Gasteiger partial charge on any atom is 0.0202 e. The van der Waals surface area contributed by atoms with Gasteiger partial charge in [0.15, 0.2) is 0 Å². The zero-order chi connectivity index (χ0) is 11.1. The number of benzene rings is 1. The molecule has 1 aromatic carbocycles. The van der Waals surface area contributed by atoms with Crippen molar-refractivity contribution < 1.29 is 0 Å². The molecule has 1 heterocycles. The van der Waals surface area contributed by atoms with Gasteiger partial charge < -0.3 is 0 Å². The van der Waals surface area contributed by atoms with Crippen LogP contribution in [0.15, 0.2) is 18.2 Å². The largest absolute Gasteiger partial charge is 0.299 e. The number of hydrogen-bond acceptors (Lipinski definition) is 1. The predicted octanol–water partition coefficient (Wildman–Crippen LogP) is 3.12. The lowest BCUT2D eigenvalue weighted by molar-refractivity contribution is 0.227. The second-order valence-corrected chi connectivity index (χ2v) is 5.45.